The van der Waals surface area contributed by atoms with Crippen LogP contribution in [0.5, 0.6) is 11.5 Å². The number of nitrogens with two attached hydrogens (primary N) is 1. The van der Waals surface area contributed by atoms with Crippen molar-refractivity contribution in [1.82, 2.24) is 34.3 Å². The van der Waals surface area contributed by atoms with Crippen molar-refractivity contribution in [3.63, 3.8) is 0 Å². The Hall–Kier alpha value is -6.97. The monoisotopic (exact) mass is 1170 g/mol. The number of rotatable bonds is 13. The summed E-state index contributed by atoms with van der Waals surface area (Å²) < 4.78 is 48.7. The molecule has 0 aliphatic carbocycles. The standard InChI is InChI=1S/C32H41ClFN5O5.C28H34ClFN4O4/c1-32(2,3)44-31(42)38-18-24-16-37(15-21-7-10-23(34)11-8-21)17-25(19-38)39(24)30(41)12-9-22-13-28(43-6)26(33)14-27(22)35-29(40)20-36(4)5;1-28(2,3)38-27(36)33-16-21-14-32(13-18-5-8-20(30)9-6-18)15-22(17-33)34(21)26(35)10-7-19-11-25(37-4)23(29)12-24(19)31/h7-14,24-25H,15-20H2,1-6H3,(H,35,40);5-12,21-22H,13-17,31H2,1-4H3/b12-9+;10-7+. The molecule has 0 aromatic heterocycles. The third-order valence-electron chi connectivity index (χ3n) is 13.9. The summed E-state index contributed by atoms with van der Waals surface area (Å²) in [6.07, 6.45) is 5.47. The second kappa shape index (κ2) is 27.0. The van der Waals surface area contributed by atoms with Crippen molar-refractivity contribution in [3.05, 3.63) is 129 Å². The Morgan fingerprint density at radius 2 is 0.988 bits per heavy atom. The van der Waals surface area contributed by atoms with Gasteiger partial charge in [-0.3, -0.25) is 24.2 Å². The van der Waals surface area contributed by atoms with E-state index in [1.165, 1.54) is 50.6 Å². The van der Waals surface area contributed by atoms with Crippen LogP contribution in [0.3, 0.4) is 0 Å². The molecular weight excluding hydrogens is 1100 g/mol. The second-order valence-electron chi connectivity index (χ2n) is 23.2. The lowest BCUT2D eigenvalue weighted by molar-refractivity contribution is -0.141. The van der Waals surface area contributed by atoms with Crippen LogP contribution >= 0.6 is 23.2 Å². The Morgan fingerprint density at radius 1 is 0.610 bits per heavy atom. The zero-order valence-corrected chi connectivity index (χ0v) is 49.7. The average Bonchev–Trinajstić information content (AvgIpc) is 2.64. The number of anilines is 2. The van der Waals surface area contributed by atoms with Gasteiger partial charge in [0.15, 0.2) is 0 Å². The Bertz CT molecular complexity index is 2980. The highest BCUT2D eigenvalue weighted by Crippen LogP contribution is 2.34. The Balaban J connectivity index is 0.000000239. The first-order chi connectivity index (χ1) is 38.6. The quantitative estimate of drug-likeness (QED) is 0.0959. The van der Waals surface area contributed by atoms with E-state index in [-0.39, 0.29) is 66.2 Å². The van der Waals surface area contributed by atoms with E-state index in [1.807, 2.05) is 51.3 Å². The molecule has 442 valence electrons. The molecule has 0 spiro atoms. The summed E-state index contributed by atoms with van der Waals surface area (Å²) in [5, 5.41) is 3.58. The third-order valence-corrected chi connectivity index (χ3v) is 14.4. The van der Waals surface area contributed by atoms with Gasteiger partial charge >= 0.3 is 12.2 Å². The van der Waals surface area contributed by atoms with Crippen LogP contribution < -0.4 is 20.5 Å². The highest BCUT2D eigenvalue weighted by Gasteiger charge is 2.46. The number of carbonyl (C=O) groups excluding carboxylic acids is 5. The number of ether oxygens (including phenoxy) is 4. The molecule has 22 heteroatoms. The number of hydrogen-bond donors (Lipinski definition) is 2. The minimum Gasteiger partial charge on any atom is -0.495 e. The number of fused-ring (bicyclic) bond motifs is 4. The molecule has 8 rings (SSSR count). The van der Waals surface area contributed by atoms with E-state index in [9.17, 15) is 32.8 Å². The summed E-state index contributed by atoms with van der Waals surface area (Å²) in [5.41, 5.74) is 8.85. The first-order valence-corrected chi connectivity index (χ1v) is 27.8. The molecule has 5 amide bonds. The number of methoxy groups -OCH3 is 2. The van der Waals surface area contributed by atoms with Gasteiger partial charge in [0, 0.05) is 100 Å². The lowest BCUT2D eigenvalue weighted by atomic mass is 9.99. The third kappa shape index (κ3) is 17.1. The van der Waals surface area contributed by atoms with E-state index in [0.29, 0.717) is 109 Å². The van der Waals surface area contributed by atoms with Gasteiger partial charge in [-0.05, 0) is 127 Å². The minimum atomic E-state index is -0.643. The van der Waals surface area contributed by atoms with Gasteiger partial charge in [0.05, 0.1) is 55.0 Å². The average molecular weight is 1180 g/mol. The maximum atomic E-state index is 13.8. The molecule has 4 aliphatic heterocycles. The molecule has 3 N–H and O–H groups in total. The Morgan fingerprint density at radius 3 is 1.37 bits per heavy atom. The molecule has 4 aromatic carbocycles. The molecule has 4 fully saturated rings. The van der Waals surface area contributed by atoms with Crippen molar-refractivity contribution in [2.24, 2.45) is 0 Å². The van der Waals surface area contributed by atoms with Crippen LogP contribution in [0, 0.1) is 11.6 Å². The fraction of sp³-hybridized carbons (Fsp3) is 0.450. The summed E-state index contributed by atoms with van der Waals surface area (Å²) in [4.78, 5) is 78.9. The molecule has 4 heterocycles. The SMILES string of the molecule is COc1cc(/C=C/C(=O)N2C3CN(Cc4ccc(F)cc4)CC2CN(C(=O)OC(C)(C)C)C3)c(N)cc1Cl.COc1cc(/C=C/C(=O)N2C3CN(Cc4ccc(F)cc4)CC2CN(C(=O)OC(C)(C)C)C3)c(NC(=O)CN(C)C)cc1Cl. The van der Waals surface area contributed by atoms with E-state index < -0.39 is 17.3 Å². The van der Waals surface area contributed by atoms with Crippen LogP contribution in [0.1, 0.15) is 63.8 Å². The molecule has 18 nitrogen and oxygen atoms in total. The molecule has 0 radical (unpaired) electrons. The number of benzene rings is 4. The van der Waals surface area contributed by atoms with Gasteiger partial charge in [-0.2, -0.15) is 0 Å². The van der Waals surface area contributed by atoms with Crippen LogP contribution in [0.4, 0.5) is 29.7 Å². The molecule has 4 bridgehead atoms. The molecule has 0 saturated carbocycles. The van der Waals surface area contributed by atoms with Gasteiger partial charge in [-0.1, -0.05) is 47.5 Å². The van der Waals surface area contributed by atoms with Crippen LogP contribution in [0.2, 0.25) is 10.0 Å². The lowest BCUT2D eigenvalue weighted by Crippen LogP contribution is -2.70. The summed E-state index contributed by atoms with van der Waals surface area (Å²) in [6, 6.07) is 18.3. The number of hydrogen-bond acceptors (Lipinski definition) is 13. The van der Waals surface area contributed by atoms with E-state index in [0.717, 1.165) is 11.1 Å². The molecule has 82 heavy (non-hydrogen) atoms. The summed E-state index contributed by atoms with van der Waals surface area (Å²) >= 11 is 12.5. The van der Waals surface area contributed by atoms with Crippen LogP contribution in [0.15, 0.2) is 84.9 Å². The van der Waals surface area contributed by atoms with Crippen molar-refractivity contribution in [2.45, 2.75) is 90.0 Å². The first kappa shape index (κ1) is 62.6. The Labute approximate surface area is 489 Å². The number of likely N-dealkylation sites (N-methyl/N-ethyl adjacent to an activating group) is 1. The van der Waals surface area contributed by atoms with E-state index >= 15 is 0 Å². The molecule has 4 aromatic rings. The largest absolute Gasteiger partial charge is 0.495 e. The maximum absolute atomic E-state index is 13.8. The van der Waals surface area contributed by atoms with Gasteiger partial charge in [0.2, 0.25) is 17.7 Å². The Kier molecular flexibility index (Phi) is 20.6. The highest BCUT2D eigenvalue weighted by molar-refractivity contribution is 6.33. The topological polar surface area (TPSA) is 183 Å². The number of amides is 5. The highest BCUT2D eigenvalue weighted by atomic mass is 35.5. The first-order valence-electron chi connectivity index (χ1n) is 27.0. The van der Waals surface area contributed by atoms with Gasteiger partial charge in [0.1, 0.15) is 34.3 Å². The zero-order chi connectivity index (χ0) is 59.8. The number of halogens is 4. The van der Waals surface area contributed by atoms with Gasteiger partial charge < -0.3 is 54.5 Å². The molecule has 4 atom stereocenters. The van der Waals surface area contributed by atoms with Gasteiger partial charge in [-0.15, -0.1) is 0 Å². The molecular formula is C60H75Cl2F2N9O9. The molecule has 4 saturated heterocycles. The van der Waals surface area contributed by atoms with Gasteiger partial charge in [0.25, 0.3) is 0 Å². The van der Waals surface area contributed by atoms with Crippen molar-refractivity contribution in [3.8, 4) is 11.5 Å². The second-order valence-corrected chi connectivity index (χ2v) is 24.0. The maximum Gasteiger partial charge on any atom is 0.410 e. The van der Waals surface area contributed by atoms with E-state index in [2.05, 4.69) is 15.1 Å². The van der Waals surface area contributed by atoms with E-state index in [4.69, 9.17) is 47.9 Å². The smallest absolute Gasteiger partial charge is 0.410 e. The number of nitrogens with zero attached hydrogens (tertiary/aromatic N) is 7. The summed E-state index contributed by atoms with van der Waals surface area (Å²) in [7, 11) is 6.59. The fourth-order valence-electron chi connectivity index (χ4n) is 10.5. The van der Waals surface area contributed by atoms with Crippen LogP contribution in [-0.4, -0.2) is 187 Å². The molecule has 4 unspecified atom stereocenters. The summed E-state index contributed by atoms with van der Waals surface area (Å²) in [5.74, 6) is -0.315. The van der Waals surface area contributed by atoms with Crippen molar-refractivity contribution >= 4 is 76.6 Å². The van der Waals surface area contributed by atoms with Crippen molar-refractivity contribution in [2.75, 3.05) is 98.3 Å². The predicted octanol–water partition coefficient (Wildman–Crippen LogP) is 8.75. The number of nitrogens with one attached hydrogen (secondary N) is 1. The predicted molar refractivity (Wildman–Crippen MR) is 313 cm³/mol. The van der Waals surface area contributed by atoms with Gasteiger partial charge in [-0.25, -0.2) is 18.4 Å². The van der Waals surface area contributed by atoms with Crippen molar-refractivity contribution < 1.29 is 51.7 Å². The summed E-state index contributed by atoms with van der Waals surface area (Å²) in [6.45, 7) is 15.8. The molecule has 4 aliphatic rings. The number of carbonyl (C=O) groups is 5. The normalized spacial score (nSPS) is 19.5. The lowest BCUT2D eigenvalue weighted by Gasteiger charge is -2.52. The van der Waals surface area contributed by atoms with Crippen LogP contribution in [0.25, 0.3) is 12.2 Å². The van der Waals surface area contributed by atoms with Crippen molar-refractivity contribution in [1.29, 1.82) is 0 Å². The minimum absolute atomic E-state index is 0.168. The van der Waals surface area contributed by atoms with Crippen LogP contribution in [-0.2, 0) is 36.9 Å². The number of piperazine rings is 4. The number of nitrogen functional groups attached to an aromatic ring is 1. The zero-order valence-electron chi connectivity index (χ0n) is 48.2. The fourth-order valence-corrected chi connectivity index (χ4v) is 11.0. The van der Waals surface area contributed by atoms with E-state index in [1.54, 1.807) is 89.5 Å².